The third-order valence-electron chi connectivity index (χ3n) is 0.741. The van der Waals surface area contributed by atoms with Crippen molar-refractivity contribution < 1.29 is 4.74 Å². The third-order valence-corrected chi connectivity index (χ3v) is 1.16. The summed E-state index contributed by atoms with van der Waals surface area (Å²) in [6.07, 6.45) is 0.985. The molecule has 9 heavy (non-hydrogen) atoms. The highest BCUT2D eigenvalue weighted by atomic mass is 32.1. The normalized spacial score (nSPS) is 9.44. The number of hydrogen-bond acceptors (Lipinski definition) is 4. The number of nitrogens with zero attached hydrogens (tertiary/aromatic N) is 2. The Balaban J connectivity index is 2.30. The summed E-state index contributed by atoms with van der Waals surface area (Å²) in [5, 5.41) is 0. The molecule has 0 N–H and O–H groups in total. The zero-order valence-corrected chi connectivity index (χ0v) is 5.94. The van der Waals surface area contributed by atoms with E-state index in [0.29, 0.717) is 12.6 Å². The molecule has 0 atom stereocenters. The molecule has 1 heterocycles. The van der Waals surface area contributed by atoms with Crippen LogP contribution in [0.5, 0.6) is 6.01 Å². The molecular formula is C5H7N2OS. The molecule has 0 aliphatic carbocycles. The van der Waals surface area contributed by atoms with Gasteiger partial charge in [0.25, 0.3) is 0 Å². The van der Waals surface area contributed by atoms with E-state index in [2.05, 4.69) is 14.9 Å². The highest BCUT2D eigenvalue weighted by Crippen LogP contribution is 2.01. The first-order valence-electron chi connectivity index (χ1n) is 2.76. The predicted octanol–water partition coefficient (Wildman–Crippen LogP) is 1.13. The van der Waals surface area contributed by atoms with Gasteiger partial charge in [-0.2, -0.15) is 4.98 Å². The minimum absolute atomic E-state index is 0.446. The third kappa shape index (κ3) is 1.97. The van der Waals surface area contributed by atoms with E-state index in [4.69, 9.17) is 4.74 Å². The molecule has 49 valence electrons. The van der Waals surface area contributed by atoms with Crippen LogP contribution in [0.1, 0.15) is 13.3 Å². The van der Waals surface area contributed by atoms with Gasteiger partial charge in [0, 0.05) is 0 Å². The molecule has 0 aromatic carbocycles. The second kappa shape index (κ2) is 3.40. The Labute approximate surface area is 57.9 Å². The molecule has 0 saturated carbocycles. The smallest absolute Gasteiger partial charge is 0.328 e. The van der Waals surface area contributed by atoms with Crippen molar-refractivity contribution in [3.63, 3.8) is 0 Å². The first-order chi connectivity index (χ1) is 4.43. The summed E-state index contributed by atoms with van der Waals surface area (Å²) in [5.41, 5.74) is 2.59. The maximum Gasteiger partial charge on any atom is 0.328 e. The van der Waals surface area contributed by atoms with Crippen LogP contribution in [0.15, 0.2) is 0 Å². The second-order valence-corrected chi connectivity index (χ2v) is 2.06. The van der Waals surface area contributed by atoms with Crippen molar-refractivity contribution in [2.24, 2.45) is 0 Å². The van der Waals surface area contributed by atoms with Crippen LogP contribution in [0.4, 0.5) is 0 Å². The van der Waals surface area contributed by atoms with E-state index >= 15 is 0 Å². The Bertz CT molecular complexity index is 152. The largest absolute Gasteiger partial charge is 0.463 e. The number of rotatable bonds is 3. The van der Waals surface area contributed by atoms with Gasteiger partial charge in [-0.1, -0.05) is 6.92 Å². The average Bonchev–Trinajstić information content (AvgIpc) is 2.34. The van der Waals surface area contributed by atoms with Gasteiger partial charge in [-0.3, -0.25) is 0 Å². The standard InChI is InChI=1S/C5H7N2OS/c1-2-3-8-5-6-4-9-7-5/h2-3H2,1H3. The van der Waals surface area contributed by atoms with Gasteiger partial charge in [-0.25, -0.2) is 0 Å². The summed E-state index contributed by atoms with van der Waals surface area (Å²) in [6.45, 7) is 2.72. The molecule has 0 fully saturated rings. The molecule has 0 amide bonds. The summed E-state index contributed by atoms with van der Waals surface area (Å²) in [5.74, 6) is 0. The van der Waals surface area contributed by atoms with Gasteiger partial charge in [-0.15, -0.1) is 4.37 Å². The van der Waals surface area contributed by atoms with Crippen LogP contribution in [-0.2, 0) is 0 Å². The SMILES string of the molecule is CCCOc1n[c]sn1. The van der Waals surface area contributed by atoms with E-state index in [-0.39, 0.29) is 0 Å². The monoisotopic (exact) mass is 143 g/mol. The van der Waals surface area contributed by atoms with Crippen molar-refractivity contribution in [1.29, 1.82) is 0 Å². The first-order valence-corrected chi connectivity index (χ1v) is 3.53. The highest BCUT2D eigenvalue weighted by Gasteiger charge is 1.93. The van der Waals surface area contributed by atoms with Crippen molar-refractivity contribution >= 4 is 11.5 Å². The fourth-order valence-corrected chi connectivity index (χ4v) is 0.723. The van der Waals surface area contributed by atoms with E-state index in [0.717, 1.165) is 6.42 Å². The first kappa shape index (κ1) is 6.48. The molecule has 1 aromatic heterocycles. The van der Waals surface area contributed by atoms with Crippen LogP contribution in [-0.4, -0.2) is 16.0 Å². The Morgan fingerprint density at radius 3 is 3.22 bits per heavy atom. The quantitative estimate of drug-likeness (QED) is 0.636. The van der Waals surface area contributed by atoms with Crippen LogP contribution in [0.25, 0.3) is 0 Å². The van der Waals surface area contributed by atoms with Gasteiger partial charge in [0.15, 0.2) is 5.51 Å². The summed E-state index contributed by atoms with van der Waals surface area (Å²) < 4.78 is 8.86. The molecule has 1 rings (SSSR count). The molecule has 0 spiro atoms. The molecule has 0 aliphatic rings. The number of hydrogen-bond donors (Lipinski definition) is 0. The molecule has 0 bridgehead atoms. The van der Waals surface area contributed by atoms with Gasteiger partial charge in [0.2, 0.25) is 0 Å². The van der Waals surface area contributed by atoms with E-state index in [1.807, 2.05) is 6.92 Å². The van der Waals surface area contributed by atoms with Crippen molar-refractivity contribution in [3.05, 3.63) is 5.51 Å². The zero-order chi connectivity index (χ0) is 6.53. The van der Waals surface area contributed by atoms with Crippen LogP contribution in [0.3, 0.4) is 0 Å². The van der Waals surface area contributed by atoms with E-state index in [1.165, 1.54) is 11.5 Å². The van der Waals surface area contributed by atoms with Crippen molar-refractivity contribution in [1.82, 2.24) is 9.36 Å². The fourth-order valence-electron chi connectivity index (χ4n) is 0.391. The minimum atomic E-state index is 0.446. The summed E-state index contributed by atoms with van der Waals surface area (Å²) in [4.78, 5) is 3.71. The molecule has 0 unspecified atom stereocenters. The van der Waals surface area contributed by atoms with E-state index in [9.17, 15) is 0 Å². The van der Waals surface area contributed by atoms with Gasteiger partial charge < -0.3 is 4.74 Å². The van der Waals surface area contributed by atoms with Crippen molar-refractivity contribution in [2.45, 2.75) is 13.3 Å². The van der Waals surface area contributed by atoms with Crippen LogP contribution in [0, 0.1) is 5.51 Å². The lowest BCUT2D eigenvalue weighted by Crippen LogP contribution is -1.95. The highest BCUT2D eigenvalue weighted by molar-refractivity contribution is 7.02. The second-order valence-electron chi connectivity index (χ2n) is 1.52. The average molecular weight is 143 g/mol. The summed E-state index contributed by atoms with van der Waals surface area (Å²) in [7, 11) is 0. The molecule has 1 radical (unpaired) electrons. The molecule has 0 aliphatic heterocycles. The minimum Gasteiger partial charge on any atom is -0.463 e. The van der Waals surface area contributed by atoms with Gasteiger partial charge in [-0.05, 0) is 18.0 Å². The van der Waals surface area contributed by atoms with Gasteiger partial charge >= 0.3 is 6.01 Å². The molecule has 3 nitrogen and oxygen atoms in total. The predicted molar refractivity (Wildman–Crippen MR) is 34.5 cm³/mol. The Hall–Kier alpha value is -0.640. The molecule has 4 heteroatoms. The van der Waals surface area contributed by atoms with Crippen LogP contribution >= 0.6 is 11.5 Å². The summed E-state index contributed by atoms with van der Waals surface area (Å²) >= 11 is 1.18. The Morgan fingerprint density at radius 2 is 2.67 bits per heavy atom. The van der Waals surface area contributed by atoms with Crippen LogP contribution in [0.2, 0.25) is 0 Å². The van der Waals surface area contributed by atoms with Crippen LogP contribution < -0.4 is 4.74 Å². The topological polar surface area (TPSA) is 35.0 Å². The van der Waals surface area contributed by atoms with Gasteiger partial charge in [0.1, 0.15) is 0 Å². The number of aromatic nitrogens is 2. The Kier molecular flexibility index (Phi) is 2.45. The lowest BCUT2D eigenvalue weighted by Gasteiger charge is -1.94. The van der Waals surface area contributed by atoms with Crippen molar-refractivity contribution in [3.8, 4) is 6.01 Å². The Morgan fingerprint density at radius 1 is 1.78 bits per heavy atom. The van der Waals surface area contributed by atoms with Gasteiger partial charge in [0.05, 0.1) is 6.61 Å². The lowest BCUT2D eigenvalue weighted by molar-refractivity contribution is 0.296. The summed E-state index contributed by atoms with van der Waals surface area (Å²) in [6, 6.07) is 0.446. The van der Waals surface area contributed by atoms with E-state index < -0.39 is 0 Å². The maximum atomic E-state index is 5.05. The maximum absolute atomic E-state index is 5.05. The van der Waals surface area contributed by atoms with Crippen molar-refractivity contribution in [2.75, 3.05) is 6.61 Å². The number of ether oxygens (including phenoxy) is 1. The molecule has 1 aromatic rings. The molecular weight excluding hydrogens is 136 g/mol. The van der Waals surface area contributed by atoms with E-state index in [1.54, 1.807) is 0 Å². The fraction of sp³-hybridized carbons (Fsp3) is 0.600. The molecule has 0 saturated heterocycles. The lowest BCUT2D eigenvalue weighted by atomic mass is 10.5. The zero-order valence-electron chi connectivity index (χ0n) is 5.13.